The zero-order valence-electron chi connectivity index (χ0n) is 22.3. The summed E-state index contributed by atoms with van der Waals surface area (Å²) < 4.78 is 80.2. The lowest BCUT2D eigenvalue weighted by Crippen LogP contribution is -2.56. The predicted molar refractivity (Wildman–Crippen MR) is 136 cm³/mol. The Hall–Kier alpha value is -2.47. The molecule has 0 bridgehead atoms. The fourth-order valence-corrected chi connectivity index (χ4v) is 4.98. The van der Waals surface area contributed by atoms with Crippen molar-refractivity contribution in [3.63, 3.8) is 0 Å². The molecule has 206 valence electrons. The molecule has 7 nitrogen and oxygen atoms in total. The maximum atomic E-state index is 14.1. The van der Waals surface area contributed by atoms with Gasteiger partial charge in [0, 0.05) is 55.4 Å². The Morgan fingerprint density at radius 1 is 1.16 bits per heavy atom. The van der Waals surface area contributed by atoms with Gasteiger partial charge in [-0.25, -0.2) is 22.8 Å². The second-order valence-corrected chi connectivity index (χ2v) is 12.9. The van der Waals surface area contributed by atoms with Crippen molar-refractivity contribution in [2.45, 2.75) is 63.8 Å². The maximum absolute atomic E-state index is 14.1. The molecule has 1 saturated heterocycles. The van der Waals surface area contributed by atoms with Gasteiger partial charge in [0.15, 0.2) is 15.5 Å². The van der Waals surface area contributed by atoms with Crippen LogP contribution in [-0.4, -0.2) is 67.8 Å². The van der Waals surface area contributed by atoms with Crippen LogP contribution in [0.25, 0.3) is 0 Å². The summed E-state index contributed by atoms with van der Waals surface area (Å²) in [6.07, 6.45) is -2.44. The van der Waals surface area contributed by atoms with Crippen molar-refractivity contribution < 1.29 is 26.0 Å². The fourth-order valence-electron chi connectivity index (χ4n) is 4.23. The first-order valence-electron chi connectivity index (χ1n) is 12.0. The standard InChI is InChI=1S/C25H35F4N5O2S/c1-16(2)20-15-33(18-8-9-19(26)21(12-18)37(7,35)36)10-11-34(20)23-30-13-17(14-32(6)24(3,4)5)22(31-23)25(27,28)29/h8-9,12-13,16,20H,10-11,14-15H2,1-7H3. The van der Waals surface area contributed by atoms with Crippen molar-refractivity contribution >= 4 is 21.5 Å². The van der Waals surface area contributed by atoms with Gasteiger partial charge in [-0.05, 0) is 51.9 Å². The highest BCUT2D eigenvalue weighted by Crippen LogP contribution is 2.34. The van der Waals surface area contributed by atoms with Gasteiger partial charge in [-0.1, -0.05) is 13.8 Å². The van der Waals surface area contributed by atoms with Crippen LogP contribution in [0.15, 0.2) is 29.3 Å². The van der Waals surface area contributed by atoms with Gasteiger partial charge in [0.1, 0.15) is 10.7 Å². The highest BCUT2D eigenvalue weighted by Gasteiger charge is 2.39. The van der Waals surface area contributed by atoms with Crippen molar-refractivity contribution in [3.8, 4) is 0 Å². The topological polar surface area (TPSA) is 69.6 Å². The third-order valence-corrected chi connectivity index (χ3v) is 7.91. The van der Waals surface area contributed by atoms with Gasteiger partial charge in [0.05, 0.1) is 6.04 Å². The minimum atomic E-state index is -4.64. The Labute approximate surface area is 216 Å². The quantitative estimate of drug-likeness (QED) is 0.491. The molecule has 2 aromatic rings. The van der Waals surface area contributed by atoms with E-state index in [0.717, 1.165) is 12.3 Å². The van der Waals surface area contributed by atoms with Crippen LogP contribution in [0.3, 0.4) is 0 Å². The van der Waals surface area contributed by atoms with Crippen LogP contribution >= 0.6 is 0 Å². The summed E-state index contributed by atoms with van der Waals surface area (Å²) >= 11 is 0. The third-order valence-electron chi connectivity index (χ3n) is 6.80. The van der Waals surface area contributed by atoms with E-state index in [0.29, 0.717) is 25.3 Å². The molecule has 2 heterocycles. The molecule has 0 aliphatic carbocycles. The van der Waals surface area contributed by atoms with Crippen LogP contribution in [0.1, 0.15) is 45.9 Å². The molecular weight excluding hydrogens is 510 g/mol. The molecule has 0 spiro atoms. The van der Waals surface area contributed by atoms with Crippen LogP contribution in [-0.2, 0) is 22.6 Å². The second kappa shape index (κ2) is 10.4. The van der Waals surface area contributed by atoms with Gasteiger partial charge < -0.3 is 9.80 Å². The molecular formula is C25H35F4N5O2S. The third kappa shape index (κ3) is 6.70. The lowest BCUT2D eigenvalue weighted by Gasteiger charge is -2.44. The molecule has 12 heteroatoms. The van der Waals surface area contributed by atoms with E-state index in [1.807, 2.05) is 44.4 Å². The van der Waals surface area contributed by atoms with Crippen molar-refractivity contribution in [3.05, 3.63) is 41.5 Å². The first-order valence-corrected chi connectivity index (χ1v) is 13.9. The predicted octanol–water partition coefficient (Wildman–Crippen LogP) is 4.62. The average molecular weight is 546 g/mol. The van der Waals surface area contributed by atoms with Crippen LogP contribution < -0.4 is 9.80 Å². The van der Waals surface area contributed by atoms with Crippen molar-refractivity contribution in [2.75, 3.05) is 42.7 Å². The summed E-state index contributed by atoms with van der Waals surface area (Å²) in [6, 6.07) is 3.67. The summed E-state index contributed by atoms with van der Waals surface area (Å²) in [4.78, 5) is 13.5. The minimum Gasteiger partial charge on any atom is -0.368 e. The smallest absolute Gasteiger partial charge is 0.368 e. The molecule has 1 fully saturated rings. The second-order valence-electron chi connectivity index (χ2n) is 10.9. The molecule has 1 atom stereocenters. The number of hydrogen-bond donors (Lipinski definition) is 0. The highest BCUT2D eigenvalue weighted by atomic mass is 32.2. The molecule has 0 saturated carbocycles. The number of anilines is 2. The molecule has 1 aromatic heterocycles. The minimum absolute atomic E-state index is 0.00349. The number of hydrogen-bond acceptors (Lipinski definition) is 7. The first-order chi connectivity index (χ1) is 16.9. The lowest BCUT2D eigenvalue weighted by atomic mass is 9.99. The Balaban J connectivity index is 1.94. The van der Waals surface area contributed by atoms with Gasteiger partial charge >= 0.3 is 6.18 Å². The zero-order valence-corrected chi connectivity index (χ0v) is 23.1. The number of halogens is 4. The summed E-state index contributed by atoms with van der Waals surface area (Å²) in [7, 11) is -2.00. The summed E-state index contributed by atoms with van der Waals surface area (Å²) in [5, 5.41) is 0. The van der Waals surface area contributed by atoms with Crippen LogP contribution in [0.4, 0.5) is 29.2 Å². The Morgan fingerprint density at radius 2 is 1.81 bits per heavy atom. The van der Waals surface area contributed by atoms with Crippen molar-refractivity contribution in [1.82, 2.24) is 14.9 Å². The molecule has 1 unspecified atom stereocenters. The first kappa shape index (κ1) is 29.1. The van der Waals surface area contributed by atoms with Gasteiger partial charge in [-0.15, -0.1) is 0 Å². The lowest BCUT2D eigenvalue weighted by molar-refractivity contribution is -0.142. The molecule has 1 aliphatic heterocycles. The van der Waals surface area contributed by atoms with E-state index in [-0.39, 0.29) is 40.5 Å². The van der Waals surface area contributed by atoms with Crippen LogP contribution in [0, 0.1) is 11.7 Å². The Kier molecular flexibility index (Phi) is 8.14. The molecule has 0 amide bonds. The number of piperazine rings is 1. The molecule has 1 aromatic carbocycles. The molecule has 0 N–H and O–H groups in total. The van der Waals surface area contributed by atoms with E-state index in [1.54, 1.807) is 11.9 Å². The number of sulfone groups is 1. The molecule has 1 aliphatic rings. The average Bonchev–Trinajstić information content (AvgIpc) is 2.77. The molecule has 0 radical (unpaired) electrons. The summed E-state index contributed by atoms with van der Waals surface area (Å²) in [6.45, 7) is 10.8. The van der Waals surface area contributed by atoms with Gasteiger partial charge in [-0.3, -0.25) is 4.90 Å². The van der Waals surface area contributed by atoms with E-state index < -0.39 is 27.5 Å². The monoisotopic (exact) mass is 545 g/mol. The van der Waals surface area contributed by atoms with Crippen LogP contribution in [0.5, 0.6) is 0 Å². The normalized spacial score (nSPS) is 17.7. The zero-order chi connectivity index (χ0) is 27.9. The van der Waals surface area contributed by atoms with Gasteiger partial charge in [0.25, 0.3) is 0 Å². The van der Waals surface area contributed by atoms with E-state index in [4.69, 9.17) is 0 Å². The highest BCUT2D eigenvalue weighted by molar-refractivity contribution is 7.90. The van der Waals surface area contributed by atoms with E-state index >= 15 is 0 Å². The molecule has 37 heavy (non-hydrogen) atoms. The van der Waals surface area contributed by atoms with Gasteiger partial charge in [-0.2, -0.15) is 13.2 Å². The summed E-state index contributed by atoms with van der Waals surface area (Å²) in [5.74, 6) is -0.804. The van der Waals surface area contributed by atoms with E-state index in [9.17, 15) is 26.0 Å². The number of rotatable bonds is 6. The SMILES string of the molecule is CC(C)C1CN(c2ccc(F)c(S(C)(=O)=O)c2)CCN1c1ncc(CN(C)C(C)(C)C)c(C(F)(F)F)n1. The molecule has 3 rings (SSSR count). The fraction of sp³-hybridized carbons (Fsp3) is 0.600. The Morgan fingerprint density at radius 3 is 2.35 bits per heavy atom. The number of aromatic nitrogens is 2. The maximum Gasteiger partial charge on any atom is 0.433 e. The van der Waals surface area contributed by atoms with Crippen molar-refractivity contribution in [1.29, 1.82) is 0 Å². The number of benzene rings is 1. The van der Waals surface area contributed by atoms with Gasteiger partial charge in [0.2, 0.25) is 5.95 Å². The Bertz CT molecular complexity index is 1230. The number of alkyl halides is 3. The largest absolute Gasteiger partial charge is 0.433 e. The van der Waals surface area contributed by atoms with E-state index in [2.05, 4.69) is 9.97 Å². The summed E-state index contributed by atoms with van der Waals surface area (Å²) in [5.41, 5.74) is -0.745. The van der Waals surface area contributed by atoms with E-state index in [1.165, 1.54) is 18.3 Å². The van der Waals surface area contributed by atoms with Crippen LogP contribution in [0.2, 0.25) is 0 Å². The van der Waals surface area contributed by atoms with Crippen molar-refractivity contribution in [2.24, 2.45) is 5.92 Å². The number of nitrogens with zero attached hydrogens (tertiary/aromatic N) is 5.